The summed E-state index contributed by atoms with van der Waals surface area (Å²) in [4.78, 5) is 11.0. The summed E-state index contributed by atoms with van der Waals surface area (Å²) in [5.41, 5.74) is 0. The highest BCUT2D eigenvalue weighted by Gasteiger charge is 2.40. The van der Waals surface area contributed by atoms with Gasteiger partial charge in [-0.25, -0.2) is 8.42 Å². The maximum absolute atomic E-state index is 12.1. The first-order chi connectivity index (χ1) is 8.46. The van der Waals surface area contributed by atoms with Gasteiger partial charge < -0.3 is 9.52 Å². The lowest BCUT2D eigenvalue weighted by Gasteiger charge is -2.19. The second-order valence-electron chi connectivity index (χ2n) is 3.84. The number of carboxylic acid groups (broad SMARTS) is 1. The molecule has 0 spiro atoms. The van der Waals surface area contributed by atoms with Crippen LogP contribution < -0.4 is 0 Å². The standard InChI is InChI=1S/C10H10N2O5S/c11-6-7-3-4-9(17-7)18(15,16)12-5-1-2-8(12)10(13)14/h3-4,8H,1-2,5H2,(H,13,14). The summed E-state index contributed by atoms with van der Waals surface area (Å²) in [7, 11) is -3.99. The quantitative estimate of drug-likeness (QED) is 0.850. The Kier molecular flexibility index (Phi) is 3.11. The molecule has 1 N–H and O–H groups in total. The molecular weight excluding hydrogens is 260 g/mol. The van der Waals surface area contributed by atoms with Crippen molar-refractivity contribution in [2.24, 2.45) is 0 Å². The van der Waals surface area contributed by atoms with Crippen molar-refractivity contribution in [3.8, 4) is 6.07 Å². The van der Waals surface area contributed by atoms with Gasteiger partial charge in [0.15, 0.2) is 0 Å². The number of rotatable bonds is 3. The molecule has 8 heteroatoms. The summed E-state index contributed by atoms with van der Waals surface area (Å²) in [6.45, 7) is 0.141. The van der Waals surface area contributed by atoms with Gasteiger partial charge >= 0.3 is 5.97 Å². The Morgan fingerprint density at radius 3 is 2.83 bits per heavy atom. The molecule has 7 nitrogen and oxygen atoms in total. The van der Waals surface area contributed by atoms with Gasteiger partial charge in [0.05, 0.1) is 0 Å². The molecule has 0 amide bonds. The van der Waals surface area contributed by atoms with Gasteiger partial charge in [-0.05, 0) is 25.0 Å². The Morgan fingerprint density at radius 1 is 1.56 bits per heavy atom. The van der Waals surface area contributed by atoms with Crippen molar-refractivity contribution in [2.45, 2.75) is 24.0 Å². The molecular formula is C10H10N2O5S. The lowest BCUT2D eigenvalue weighted by atomic mass is 10.2. The second kappa shape index (κ2) is 4.44. The van der Waals surface area contributed by atoms with Gasteiger partial charge in [-0.15, -0.1) is 0 Å². The van der Waals surface area contributed by atoms with Gasteiger partial charge in [-0.1, -0.05) is 0 Å². The summed E-state index contributed by atoms with van der Waals surface area (Å²) in [6.07, 6.45) is 0.766. The SMILES string of the molecule is N#Cc1ccc(S(=O)(=O)N2CCCC2C(=O)O)o1. The largest absolute Gasteiger partial charge is 0.480 e. The highest BCUT2D eigenvalue weighted by Crippen LogP contribution is 2.27. The fraction of sp³-hybridized carbons (Fsp3) is 0.400. The van der Waals surface area contributed by atoms with Crippen molar-refractivity contribution in [1.29, 1.82) is 5.26 Å². The first-order valence-corrected chi connectivity index (χ1v) is 6.65. The molecule has 0 aromatic carbocycles. The molecule has 0 saturated carbocycles. The van der Waals surface area contributed by atoms with Gasteiger partial charge in [0.1, 0.15) is 12.1 Å². The number of furan rings is 1. The number of sulfonamides is 1. The molecule has 1 unspecified atom stereocenters. The van der Waals surface area contributed by atoms with Gasteiger partial charge in [0, 0.05) is 6.54 Å². The van der Waals surface area contributed by atoms with Crippen LogP contribution in [-0.2, 0) is 14.8 Å². The molecule has 0 bridgehead atoms. The average molecular weight is 270 g/mol. The Labute approximate surface area is 103 Å². The summed E-state index contributed by atoms with van der Waals surface area (Å²) in [6, 6.07) is 3.01. The minimum absolute atomic E-state index is 0.125. The lowest BCUT2D eigenvalue weighted by molar-refractivity contribution is -0.140. The van der Waals surface area contributed by atoms with Gasteiger partial charge in [-0.3, -0.25) is 4.79 Å². The monoisotopic (exact) mass is 270 g/mol. The molecule has 1 fully saturated rings. The molecule has 96 valence electrons. The summed E-state index contributed by atoms with van der Waals surface area (Å²) in [5, 5.41) is 17.1. The number of carboxylic acids is 1. The average Bonchev–Trinajstić information content (AvgIpc) is 2.98. The molecule has 1 aromatic heterocycles. The van der Waals surface area contributed by atoms with E-state index in [2.05, 4.69) is 0 Å². The summed E-state index contributed by atoms with van der Waals surface area (Å²) < 4.78 is 30.0. The fourth-order valence-electron chi connectivity index (χ4n) is 1.91. The Hall–Kier alpha value is -1.85. The molecule has 2 heterocycles. The third-order valence-electron chi connectivity index (χ3n) is 2.74. The Morgan fingerprint density at radius 2 is 2.28 bits per heavy atom. The van der Waals surface area contributed by atoms with E-state index in [9.17, 15) is 13.2 Å². The van der Waals surface area contributed by atoms with Crippen LogP contribution in [0, 0.1) is 11.3 Å². The molecule has 1 aliphatic heterocycles. The van der Waals surface area contributed by atoms with Crippen molar-refractivity contribution in [3.05, 3.63) is 17.9 Å². The molecule has 1 saturated heterocycles. The second-order valence-corrected chi connectivity index (χ2v) is 5.66. The molecule has 0 aliphatic carbocycles. The Balaban J connectivity index is 2.37. The predicted octanol–water partition coefficient (Wildman–Crippen LogP) is 0.389. The van der Waals surface area contributed by atoms with Crippen molar-refractivity contribution >= 4 is 16.0 Å². The number of nitriles is 1. The molecule has 0 radical (unpaired) electrons. The zero-order chi connectivity index (χ0) is 13.3. The minimum Gasteiger partial charge on any atom is -0.480 e. The van der Waals surface area contributed by atoms with E-state index in [0.29, 0.717) is 6.42 Å². The number of hydrogen-bond acceptors (Lipinski definition) is 5. The minimum atomic E-state index is -3.99. The van der Waals surface area contributed by atoms with E-state index >= 15 is 0 Å². The van der Waals surface area contributed by atoms with Crippen molar-refractivity contribution in [1.82, 2.24) is 4.31 Å². The van der Waals surface area contributed by atoms with Gasteiger partial charge in [0.25, 0.3) is 10.0 Å². The number of hydrogen-bond donors (Lipinski definition) is 1. The highest BCUT2D eigenvalue weighted by molar-refractivity contribution is 7.89. The fourth-order valence-corrected chi connectivity index (χ4v) is 3.48. The van der Waals surface area contributed by atoms with Crippen LogP contribution in [0.2, 0.25) is 0 Å². The van der Waals surface area contributed by atoms with E-state index in [1.165, 1.54) is 6.07 Å². The zero-order valence-corrected chi connectivity index (χ0v) is 10.1. The van der Waals surface area contributed by atoms with E-state index in [0.717, 1.165) is 10.4 Å². The zero-order valence-electron chi connectivity index (χ0n) is 9.24. The molecule has 1 aliphatic rings. The van der Waals surface area contributed by atoms with Crippen LogP contribution in [0.25, 0.3) is 0 Å². The van der Waals surface area contributed by atoms with Crippen molar-refractivity contribution in [3.63, 3.8) is 0 Å². The Bertz CT molecular complexity index is 612. The van der Waals surface area contributed by atoms with Crippen LogP contribution in [0.3, 0.4) is 0 Å². The summed E-state index contributed by atoms with van der Waals surface area (Å²) in [5.74, 6) is -1.30. The molecule has 18 heavy (non-hydrogen) atoms. The van der Waals surface area contributed by atoms with Crippen LogP contribution in [0.15, 0.2) is 21.6 Å². The maximum atomic E-state index is 12.1. The third-order valence-corrected chi connectivity index (χ3v) is 4.53. The van der Waals surface area contributed by atoms with Crippen LogP contribution in [0.1, 0.15) is 18.6 Å². The topological polar surface area (TPSA) is 112 Å². The molecule has 2 rings (SSSR count). The first-order valence-electron chi connectivity index (χ1n) is 5.21. The smallest absolute Gasteiger partial charge is 0.322 e. The lowest BCUT2D eigenvalue weighted by Crippen LogP contribution is -2.40. The first kappa shape index (κ1) is 12.6. The van der Waals surface area contributed by atoms with E-state index in [4.69, 9.17) is 14.8 Å². The van der Waals surface area contributed by atoms with Crippen LogP contribution >= 0.6 is 0 Å². The van der Waals surface area contributed by atoms with Crippen LogP contribution in [-0.4, -0.2) is 36.4 Å². The molecule has 1 atom stereocenters. The number of carbonyl (C=O) groups is 1. The summed E-state index contributed by atoms with van der Waals surface area (Å²) >= 11 is 0. The number of aliphatic carboxylic acids is 1. The molecule has 1 aromatic rings. The van der Waals surface area contributed by atoms with E-state index in [1.54, 1.807) is 6.07 Å². The predicted molar refractivity (Wildman–Crippen MR) is 58.0 cm³/mol. The van der Waals surface area contributed by atoms with Gasteiger partial charge in [0.2, 0.25) is 10.9 Å². The van der Waals surface area contributed by atoms with Crippen molar-refractivity contribution in [2.75, 3.05) is 6.54 Å². The van der Waals surface area contributed by atoms with E-state index in [1.807, 2.05) is 0 Å². The van der Waals surface area contributed by atoms with Crippen molar-refractivity contribution < 1.29 is 22.7 Å². The van der Waals surface area contributed by atoms with Crippen LogP contribution in [0.5, 0.6) is 0 Å². The maximum Gasteiger partial charge on any atom is 0.322 e. The van der Waals surface area contributed by atoms with E-state index in [-0.39, 0.29) is 18.7 Å². The van der Waals surface area contributed by atoms with Crippen LogP contribution in [0.4, 0.5) is 0 Å². The third kappa shape index (κ3) is 1.98. The highest BCUT2D eigenvalue weighted by atomic mass is 32.2. The van der Waals surface area contributed by atoms with Gasteiger partial charge in [-0.2, -0.15) is 9.57 Å². The van der Waals surface area contributed by atoms with E-state index < -0.39 is 27.1 Å². The normalized spacial score (nSPS) is 20.7. The number of nitrogens with zero attached hydrogens (tertiary/aromatic N) is 2.